The molecule has 4 nitrogen and oxygen atoms in total. The average molecular weight is 592 g/mol. The zero-order valence-corrected chi connectivity index (χ0v) is 20.0. The molecule has 0 bridgehead atoms. The van der Waals surface area contributed by atoms with E-state index in [1.807, 2.05) is 0 Å². The molecule has 0 N–H and O–H groups in total. The predicted octanol–water partition coefficient (Wildman–Crippen LogP) is 7.26. The maximum atomic E-state index is 16.0. The van der Waals surface area contributed by atoms with Crippen LogP contribution in [0.4, 0.5) is 43.9 Å². The van der Waals surface area contributed by atoms with Crippen molar-refractivity contribution in [3.8, 4) is 34.4 Å². The van der Waals surface area contributed by atoms with Gasteiger partial charge in [0.2, 0.25) is 0 Å². The molecule has 5 aromatic carbocycles. The maximum absolute atomic E-state index is 16.0. The van der Waals surface area contributed by atoms with Gasteiger partial charge in [0.05, 0.1) is 33.0 Å². The Hall–Kier alpha value is -5.24. The number of alkyl halides is 6. The van der Waals surface area contributed by atoms with Crippen LogP contribution in [0.15, 0.2) is 46.0 Å². The molecule has 0 radical (unpaired) electrons. The van der Waals surface area contributed by atoms with E-state index in [0.717, 1.165) is 0 Å². The van der Waals surface area contributed by atoms with Gasteiger partial charge < -0.3 is 0 Å². The van der Waals surface area contributed by atoms with Crippen LogP contribution in [0, 0.1) is 45.9 Å². The molecule has 42 heavy (non-hydrogen) atoms. The smallest absolute Gasteiger partial charge is 0.288 e. The SMILES string of the molecule is N#Cc1c(-c2ccc(F)c(C(F)(F)F)c2)c(=O)c2c(F)c3c(=O)c(-c4ccc(F)c(C(F)(F)F)c4)c(C#N)c3c(F)c12. The fraction of sp³-hybridized carbons (Fsp3) is 0.0714. The topological polar surface area (TPSA) is 81.7 Å². The minimum Gasteiger partial charge on any atom is -0.288 e. The van der Waals surface area contributed by atoms with Crippen LogP contribution < -0.4 is 10.9 Å². The van der Waals surface area contributed by atoms with E-state index in [0.29, 0.717) is 24.3 Å². The van der Waals surface area contributed by atoms with Crippen molar-refractivity contribution in [3.63, 3.8) is 0 Å². The van der Waals surface area contributed by atoms with Gasteiger partial charge >= 0.3 is 12.4 Å². The van der Waals surface area contributed by atoms with Crippen molar-refractivity contribution in [1.82, 2.24) is 0 Å². The first kappa shape index (κ1) is 28.3. The van der Waals surface area contributed by atoms with Gasteiger partial charge in [-0.3, -0.25) is 9.59 Å². The van der Waals surface area contributed by atoms with Crippen LogP contribution in [-0.2, 0) is 12.4 Å². The van der Waals surface area contributed by atoms with Crippen molar-refractivity contribution in [2.75, 3.05) is 0 Å². The number of nitrogens with zero attached hydrogens (tertiary/aromatic N) is 2. The maximum Gasteiger partial charge on any atom is 0.419 e. The Morgan fingerprint density at radius 2 is 0.881 bits per heavy atom. The Labute approximate surface area is 225 Å². The summed E-state index contributed by atoms with van der Waals surface area (Å²) >= 11 is 0. The number of nitriles is 2. The number of hydrogen-bond donors (Lipinski definition) is 0. The normalized spacial score (nSPS) is 12.2. The average Bonchev–Trinajstić information content (AvgIpc) is 3.38. The van der Waals surface area contributed by atoms with E-state index in [1.54, 1.807) is 0 Å². The molecule has 0 atom stereocenters. The summed E-state index contributed by atoms with van der Waals surface area (Å²) < 4.78 is 139. The number of rotatable bonds is 2. The summed E-state index contributed by atoms with van der Waals surface area (Å²) in [6.45, 7) is 0. The van der Waals surface area contributed by atoms with Crippen molar-refractivity contribution < 1.29 is 43.9 Å². The summed E-state index contributed by atoms with van der Waals surface area (Å²) in [6, 6.07) is 4.97. The molecule has 0 heterocycles. The molecule has 0 saturated heterocycles. The fourth-order valence-electron chi connectivity index (χ4n) is 4.88. The summed E-state index contributed by atoms with van der Waals surface area (Å²) in [5.74, 6) is -7.02. The molecular weight excluding hydrogens is 586 g/mol. The molecular formula is C28H6F10N2O2. The lowest BCUT2D eigenvalue weighted by Crippen LogP contribution is -2.10. The Morgan fingerprint density at radius 1 is 0.548 bits per heavy atom. The van der Waals surface area contributed by atoms with E-state index in [4.69, 9.17) is 0 Å². The van der Waals surface area contributed by atoms with Gasteiger partial charge in [-0.15, -0.1) is 0 Å². The van der Waals surface area contributed by atoms with Gasteiger partial charge in [0.1, 0.15) is 35.4 Å². The largest absolute Gasteiger partial charge is 0.419 e. The highest BCUT2D eigenvalue weighted by Crippen LogP contribution is 2.42. The van der Waals surface area contributed by atoms with Crippen LogP contribution in [-0.4, -0.2) is 0 Å². The molecule has 0 aliphatic rings. The highest BCUT2D eigenvalue weighted by Gasteiger charge is 2.38. The van der Waals surface area contributed by atoms with E-state index in [2.05, 4.69) is 0 Å². The van der Waals surface area contributed by atoms with Gasteiger partial charge in [0, 0.05) is 21.9 Å². The Balaban J connectivity index is 1.93. The zero-order chi connectivity index (χ0) is 31.0. The Bertz CT molecular complexity index is 2020. The lowest BCUT2D eigenvalue weighted by Gasteiger charge is -2.09. The lowest BCUT2D eigenvalue weighted by molar-refractivity contribution is -0.140. The molecule has 0 unspecified atom stereocenters. The first-order chi connectivity index (χ1) is 19.5. The Kier molecular flexibility index (Phi) is 6.16. The number of halogens is 10. The van der Waals surface area contributed by atoms with E-state index >= 15 is 8.78 Å². The van der Waals surface area contributed by atoms with Crippen LogP contribution in [0.5, 0.6) is 0 Å². The molecule has 0 saturated carbocycles. The number of hydrogen-bond acceptors (Lipinski definition) is 4. The van der Waals surface area contributed by atoms with Gasteiger partial charge in [0.25, 0.3) is 0 Å². The zero-order valence-electron chi connectivity index (χ0n) is 20.0. The van der Waals surface area contributed by atoms with Crippen molar-refractivity contribution in [1.29, 1.82) is 10.5 Å². The summed E-state index contributed by atoms with van der Waals surface area (Å²) in [5, 5.41) is 14.7. The third-order valence-corrected chi connectivity index (χ3v) is 6.63. The molecule has 0 amide bonds. The van der Waals surface area contributed by atoms with Crippen LogP contribution in [0.25, 0.3) is 43.8 Å². The third-order valence-electron chi connectivity index (χ3n) is 6.63. The summed E-state index contributed by atoms with van der Waals surface area (Å²) in [7, 11) is 0. The molecule has 0 aliphatic heterocycles. The van der Waals surface area contributed by atoms with Gasteiger partial charge in [-0.05, 0) is 35.4 Å². The standard InChI is InChI=1S/C28H6F10N2O2/c29-15-3-1-9(5-13(15)27(33,34)35)17-11(7-39)19-21(25(17)41)24(32)22-20(23(19)31)12(8-40)18(26(22)42)10-2-4-16(30)14(6-10)28(36,37)38/h1-6H. The molecule has 0 aliphatic carbocycles. The molecule has 0 fully saturated rings. The predicted molar refractivity (Wildman–Crippen MR) is 127 cm³/mol. The lowest BCUT2D eigenvalue weighted by atomic mass is 9.99. The quantitative estimate of drug-likeness (QED) is 0.202. The number of benzene rings is 3. The van der Waals surface area contributed by atoms with E-state index in [-0.39, 0.29) is 12.1 Å². The van der Waals surface area contributed by atoms with Crippen molar-refractivity contribution in [2.24, 2.45) is 0 Å². The minimum absolute atomic E-state index is 0.145. The minimum atomic E-state index is -5.26. The van der Waals surface area contributed by atoms with E-state index < -0.39 is 113 Å². The van der Waals surface area contributed by atoms with Gasteiger partial charge in [-0.25, -0.2) is 17.6 Å². The first-order valence-corrected chi connectivity index (χ1v) is 11.2. The highest BCUT2D eigenvalue weighted by molar-refractivity contribution is 6.11. The summed E-state index contributed by atoms with van der Waals surface area (Å²) in [4.78, 5) is 26.5. The molecule has 5 aromatic rings. The second-order valence-electron chi connectivity index (χ2n) is 8.89. The van der Waals surface area contributed by atoms with Crippen LogP contribution in [0.1, 0.15) is 22.3 Å². The summed E-state index contributed by atoms with van der Waals surface area (Å²) in [5.41, 5.74) is -12.2. The molecule has 14 heteroatoms. The molecule has 5 rings (SSSR count). The fourth-order valence-corrected chi connectivity index (χ4v) is 4.88. The molecule has 210 valence electrons. The second-order valence-corrected chi connectivity index (χ2v) is 8.89. The van der Waals surface area contributed by atoms with Crippen molar-refractivity contribution in [2.45, 2.75) is 12.4 Å². The van der Waals surface area contributed by atoms with Gasteiger partial charge in [-0.1, -0.05) is 12.1 Å². The van der Waals surface area contributed by atoms with Crippen molar-refractivity contribution in [3.05, 3.63) is 102 Å². The Morgan fingerprint density at radius 3 is 1.19 bits per heavy atom. The van der Waals surface area contributed by atoms with Gasteiger partial charge in [-0.2, -0.15) is 36.9 Å². The van der Waals surface area contributed by atoms with E-state index in [9.17, 15) is 55.2 Å². The third kappa shape index (κ3) is 3.90. The van der Waals surface area contributed by atoms with Crippen LogP contribution in [0.2, 0.25) is 0 Å². The summed E-state index contributed by atoms with van der Waals surface area (Å²) in [6.07, 6.45) is -10.5. The van der Waals surface area contributed by atoms with Crippen LogP contribution >= 0.6 is 0 Å². The molecule has 0 spiro atoms. The highest BCUT2D eigenvalue weighted by atomic mass is 19.4. The van der Waals surface area contributed by atoms with Gasteiger partial charge in [0.15, 0.2) is 10.9 Å². The van der Waals surface area contributed by atoms with Crippen LogP contribution in [0.3, 0.4) is 0 Å². The second kappa shape index (κ2) is 9.14. The van der Waals surface area contributed by atoms with E-state index in [1.165, 1.54) is 12.1 Å². The first-order valence-electron chi connectivity index (χ1n) is 11.2. The monoisotopic (exact) mass is 592 g/mol. The molecule has 0 aromatic heterocycles. The van der Waals surface area contributed by atoms with Crippen molar-refractivity contribution >= 4 is 21.5 Å². The number of fused-ring (bicyclic) bond motifs is 2.